The van der Waals surface area contributed by atoms with Crippen LogP contribution in [-0.4, -0.2) is 18.0 Å². The number of hydrogen-bond acceptors (Lipinski definition) is 2. The zero-order valence-electron chi connectivity index (χ0n) is 10.2. The minimum Gasteiger partial charge on any atom is -0.354 e. The molecule has 0 bridgehead atoms. The van der Waals surface area contributed by atoms with E-state index in [9.17, 15) is 4.79 Å². The van der Waals surface area contributed by atoms with Crippen LogP contribution in [0.2, 0.25) is 0 Å². The van der Waals surface area contributed by atoms with Crippen molar-refractivity contribution in [1.82, 2.24) is 5.32 Å². The number of carbonyl (C=O) groups excluding carboxylic acids is 1. The molecule has 1 aliphatic rings. The van der Waals surface area contributed by atoms with E-state index in [-0.39, 0.29) is 16.9 Å². The molecule has 3 nitrogen and oxygen atoms in total. The van der Waals surface area contributed by atoms with Crippen molar-refractivity contribution in [2.24, 2.45) is 11.1 Å². The lowest BCUT2D eigenvalue weighted by molar-refractivity contribution is -0.132. The van der Waals surface area contributed by atoms with E-state index in [2.05, 4.69) is 12.2 Å². The summed E-state index contributed by atoms with van der Waals surface area (Å²) >= 11 is 0. The first-order valence-corrected chi connectivity index (χ1v) is 5.91. The highest BCUT2D eigenvalue weighted by atomic mass is 16.2. The van der Waals surface area contributed by atoms with Gasteiger partial charge in [-0.25, -0.2) is 0 Å². The largest absolute Gasteiger partial charge is 0.354 e. The van der Waals surface area contributed by atoms with E-state index in [4.69, 9.17) is 5.73 Å². The Labute approximate surface area is 92.8 Å². The molecule has 0 aromatic heterocycles. The summed E-state index contributed by atoms with van der Waals surface area (Å²) in [5, 5.41) is 2.97. The molecule has 0 atom stereocenters. The Morgan fingerprint density at radius 2 is 1.87 bits per heavy atom. The van der Waals surface area contributed by atoms with Crippen molar-refractivity contribution in [1.29, 1.82) is 0 Å². The van der Waals surface area contributed by atoms with E-state index in [1.807, 2.05) is 13.8 Å². The topological polar surface area (TPSA) is 55.1 Å². The predicted molar refractivity (Wildman–Crippen MR) is 62.5 cm³/mol. The van der Waals surface area contributed by atoms with Gasteiger partial charge in [-0.05, 0) is 26.7 Å². The molecule has 3 heteroatoms. The zero-order valence-corrected chi connectivity index (χ0v) is 10.2. The van der Waals surface area contributed by atoms with Gasteiger partial charge in [0.25, 0.3) is 0 Å². The van der Waals surface area contributed by atoms with Crippen LogP contribution in [0.4, 0.5) is 0 Å². The van der Waals surface area contributed by atoms with Gasteiger partial charge in [0.1, 0.15) is 0 Å². The second-order valence-electron chi connectivity index (χ2n) is 5.79. The molecule has 0 heterocycles. The summed E-state index contributed by atoms with van der Waals surface area (Å²) in [6.45, 7) is 6.49. The van der Waals surface area contributed by atoms with Crippen molar-refractivity contribution in [2.75, 3.05) is 6.54 Å². The Hall–Kier alpha value is -0.570. The fourth-order valence-corrected chi connectivity index (χ4v) is 2.08. The predicted octanol–water partition coefficient (Wildman–Crippen LogP) is 1.81. The Morgan fingerprint density at radius 1 is 1.33 bits per heavy atom. The highest BCUT2D eigenvalue weighted by molar-refractivity contribution is 5.82. The Kier molecular flexibility index (Phi) is 3.77. The van der Waals surface area contributed by atoms with Crippen molar-refractivity contribution in [3.8, 4) is 0 Å². The van der Waals surface area contributed by atoms with Gasteiger partial charge in [0.05, 0.1) is 0 Å². The Bertz CT molecular complexity index is 224. The molecule has 0 spiro atoms. The normalized spacial score (nSPS) is 21.1. The number of nitrogens with two attached hydrogens (primary N) is 1. The molecule has 1 amide bonds. The highest BCUT2D eigenvalue weighted by Gasteiger charge is 2.34. The van der Waals surface area contributed by atoms with Gasteiger partial charge in [0.15, 0.2) is 0 Å². The first kappa shape index (κ1) is 12.5. The standard InChI is InChI=1S/C12H24N2O/c1-11(2,13)9-14-10(15)12(3)7-5-4-6-8-12/h4-9,13H2,1-3H3,(H,14,15). The molecule has 1 saturated carbocycles. The molecule has 1 fully saturated rings. The fraction of sp³-hybridized carbons (Fsp3) is 0.917. The molecule has 0 unspecified atom stereocenters. The molecule has 88 valence electrons. The van der Waals surface area contributed by atoms with E-state index >= 15 is 0 Å². The van der Waals surface area contributed by atoms with E-state index in [0.29, 0.717) is 6.54 Å². The van der Waals surface area contributed by atoms with Crippen LogP contribution < -0.4 is 11.1 Å². The van der Waals surface area contributed by atoms with Gasteiger partial charge in [-0.15, -0.1) is 0 Å². The Morgan fingerprint density at radius 3 is 2.33 bits per heavy atom. The van der Waals surface area contributed by atoms with Crippen molar-refractivity contribution < 1.29 is 4.79 Å². The number of hydrogen-bond donors (Lipinski definition) is 2. The van der Waals surface area contributed by atoms with Crippen molar-refractivity contribution >= 4 is 5.91 Å². The lowest BCUT2D eigenvalue weighted by Crippen LogP contribution is -2.49. The highest BCUT2D eigenvalue weighted by Crippen LogP contribution is 2.35. The Balaban J connectivity index is 2.45. The molecule has 0 saturated heterocycles. The molecule has 0 aliphatic heterocycles. The van der Waals surface area contributed by atoms with Crippen molar-refractivity contribution in [3.63, 3.8) is 0 Å². The fourth-order valence-electron chi connectivity index (χ4n) is 2.08. The second kappa shape index (κ2) is 4.52. The first-order chi connectivity index (χ1) is 6.83. The van der Waals surface area contributed by atoms with Crippen LogP contribution in [0, 0.1) is 5.41 Å². The van der Waals surface area contributed by atoms with Crippen LogP contribution in [0.25, 0.3) is 0 Å². The summed E-state index contributed by atoms with van der Waals surface area (Å²) in [7, 11) is 0. The SMILES string of the molecule is CC(C)(N)CNC(=O)C1(C)CCCCC1. The van der Waals surface area contributed by atoms with E-state index < -0.39 is 0 Å². The summed E-state index contributed by atoms with van der Waals surface area (Å²) in [5.41, 5.74) is 5.37. The average Bonchev–Trinajstić information content (AvgIpc) is 2.14. The summed E-state index contributed by atoms with van der Waals surface area (Å²) in [6, 6.07) is 0. The molecule has 1 rings (SSSR count). The molecular formula is C12H24N2O. The lowest BCUT2D eigenvalue weighted by Gasteiger charge is -2.33. The van der Waals surface area contributed by atoms with Gasteiger partial charge in [0.2, 0.25) is 5.91 Å². The van der Waals surface area contributed by atoms with Crippen LogP contribution >= 0.6 is 0 Å². The molecular weight excluding hydrogens is 188 g/mol. The number of carbonyl (C=O) groups is 1. The molecule has 0 aromatic carbocycles. The molecule has 0 radical (unpaired) electrons. The maximum atomic E-state index is 12.0. The average molecular weight is 212 g/mol. The minimum atomic E-state index is -0.319. The second-order valence-corrected chi connectivity index (χ2v) is 5.79. The van der Waals surface area contributed by atoms with E-state index in [1.54, 1.807) is 0 Å². The third-order valence-electron chi connectivity index (χ3n) is 3.21. The number of rotatable bonds is 3. The van der Waals surface area contributed by atoms with E-state index in [0.717, 1.165) is 12.8 Å². The van der Waals surface area contributed by atoms with Crippen LogP contribution in [0.15, 0.2) is 0 Å². The van der Waals surface area contributed by atoms with Gasteiger partial charge in [-0.2, -0.15) is 0 Å². The van der Waals surface area contributed by atoms with Crippen molar-refractivity contribution in [2.45, 2.75) is 58.4 Å². The van der Waals surface area contributed by atoms with Crippen molar-refractivity contribution in [3.05, 3.63) is 0 Å². The van der Waals surface area contributed by atoms with Gasteiger partial charge in [0, 0.05) is 17.5 Å². The van der Waals surface area contributed by atoms with Crippen LogP contribution in [0.3, 0.4) is 0 Å². The quantitative estimate of drug-likeness (QED) is 0.749. The molecule has 1 aliphatic carbocycles. The molecule has 0 aromatic rings. The van der Waals surface area contributed by atoms with E-state index in [1.165, 1.54) is 19.3 Å². The smallest absolute Gasteiger partial charge is 0.225 e. The van der Waals surface area contributed by atoms with Gasteiger partial charge >= 0.3 is 0 Å². The van der Waals surface area contributed by atoms with Crippen LogP contribution in [0.1, 0.15) is 52.9 Å². The summed E-state index contributed by atoms with van der Waals surface area (Å²) in [6.07, 6.45) is 5.66. The number of amides is 1. The monoisotopic (exact) mass is 212 g/mol. The zero-order chi connectivity index (χ0) is 11.5. The van der Waals surface area contributed by atoms with Gasteiger partial charge in [-0.1, -0.05) is 26.2 Å². The third-order valence-corrected chi connectivity index (χ3v) is 3.21. The maximum Gasteiger partial charge on any atom is 0.225 e. The minimum absolute atomic E-state index is 0.149. The lowest BCUT2D eigenvalue weighted by atomic mass is 9.75. The van der Waals surface area contributed by atoms with Gasteiger partial charge in [-0.3, -0.25) is 4.79 Å². The maximum absolute atomic E-state index is 12.0. The first-order valence-electron chi connectivity index (χ1n) is 5.91. The third kappa shape index (κ3) is 3.82. The van der Waals surface area contributed by atoms with Gasteiger partial charge < -0.3 is 11.1 Å². The number of nitrogens with one attached hydrogen (secondary N) is 1. The van der Waals surface area contributed by atoms with Crippen LogP contribution in [0.5, 0.6) is 0 Å². The summed E-state index contributed by atoms with van der Waals surface area (Å²) < 4.78 is 0. The van der Waals surface area contributed by atoms with Crippen LogP contribution in [-0.2, 0) is 4.79 Å². The summed E-state index contributed by atoms with van der Waals surface area (Å²) in [4.78, 5) is 12.0. The molecule has 15 heavy (non-hydrogen) atoms. The molecule has 3 N–H and O–H groups in total. The summed E-state index contributed by atoms with van der Waals surface area (Å²) in [5.74, 6) is 0.181.